The van der Waals surface area contributed by atoms with Crippen LogP contribution in [0, 0.1) is 0 Å². The first kappa shape index (κ1) is 11.8. The second-order valence-electron chi connectivity index (χ2n) is 3.26. The molecular formula is C11H17INO-. The molecule has 1 aromatic rings. The molecule has 0 aliphatic carbocycles. The summed E-state index contributed by atoms with van der Waals surface area (Å²) in [6.45, 7) is 2.17. The summed E-state index contributed by atoms with van der Waals surface area (Å²) in [5.41, 5.74) is 7.26. The normalized spacial score (nSPS) is 13.0. The number of halogens is 1. The first-order chi connectivity index (χ1) is 6.72. The average molecular weight is 306 g/mol. The molecule has 1 unspecified atom stereocenters. The Labute approximate surface area is 95.8 Å². The second kappa shape index (κ2) is 6.24. The Bertz CT molecular complexity index is 260. The van der Waals surface area contributed by atoms with Crippen molar-refractivity contribution in [1.29, 1.82) is 0 Å². The van der Waals surface area contributed by atoms with E-state index in [0.29, 0.717) is 9.80 Å². The van der Waals surface area contributed by atoms with Crippen LogP contribution in [0.1, 0.15) is 25.3 Å². The Morgan fingerprint density at radius 1 is 1.36 bits per heavy atom. The van der Waals surface area contributed by atoms with Crippen LogP contribution in [0.15, 0.2) is 24.3 Å². The molecule has 1 aromatic carbocycles. The minimum absolute atomic E-state index is 0.0632. The third kappa shape index (κ3) is 4.28. The third-order valence-corrected chi connectivity index (χ3v) is 5.01. The quantitative estimate of drug-likeness (QED) is 0.419. The summed E-state index contributed by atoms with van der Waals surface area (Å²) >= 11 is 0.0632. The van der Waals surface area contributed by atoms with Crippen LogP contribution in [0.2, 0.25) is 0 Å². The van der Waals surface area contributed by atoms with Crippen LogP contribution in [-0.2, 0) is 4.43 Å². The molecule has 0 bridgehead atoms. The van der Waals surface area contributed by atoms with E-state index in [2.05, 4.69) is 6.92 Å². The summed E-state index contributed by atoms with van der Waals surface area (Å²) < 4.78 is 1.54. The van der Waals surface area contributed by atoms with Gasteiger partial charge < -0.3 is 0 Å². The topological polar surface area (TPSA) is 46.2 Å². The minimum atomic E-state index is 0.0632. The van der Waals surface area contributed by atoms with Gasteiger partial charge in [-0.2, -0.15) is 0 Å². The van der Waals surface area contributed by atoms with Crippen LogP contribution in [0.4, 0.5) is 0 Å². The Morgan fingerprint density at radius 3 is 2.57 bits per heavy atom. The van der Waals surface area contributed by atoms with Crippen LogP contribution in [-0.4, -0.2) is 9.16 Å². The first-order valence-corrected chi connectivity index (χ1v) is 7.60. The van der Waals surface area contributed by atoms with Gasteiger partial charge >= 0.3 is 95.9 Å². The molecule has 14 heavy (non-hydrogen) atoms. The Hall–Kier alpha value is -0.290. The van der Waals surface area contributed by atoms with Crippen molar-refractivity contribution in [2.45, 2.75) is 28.2 Å². The number of alkyl halides is 2. The zero-order valence-electron chi connectivity index (χ0n) is 8.41. The van der Waals surface area contributed by atoms with Crippen molar-refractivity contribution in [3.63, 3.8) is 0 Å². The van der Waals surface area contributed by atoms with Crippen LogP contribution in [0.25, 0.3) is 0 Å². The molecule has 0 spiro atoms. The van der Waals surface area contributed by atoms with Crippen LogP contribution < -0.4 is 26.9 Å². The number of aromatic hydroxyl groups is 1. The van der Waals surface area contributed by atoms with E-state index < -0.39 is 0 Å². The number of hydrogen-bond acceptors (Lipinski definition) is 2. The van der Waals surface area contributed by atoms with Gasteiger partial charge in [-0.3, -0.25) is 0 Å². The number of nitrogens with two attached hydrogens (primary N) is 1. The van der Waals surface area contributed by atoms with Gasteiger partial charge in [0.15, 0.2) is 0 Å². The Kier molecular flexibility index (Phi) is 5.25. The molecule has 1 atom stereocenters. The number of benzene rings is 1. The van der Waals surface area contributed by atoms with E-state index in [-0.39, 0.29) is 21.2 Å². The van der Waals surface area contributed by atoms with Crippen LogP contribution in [0.5, 0.6) is 5.75 Å². The molecule has 0 saturated heterocycles. The summed E-state index contributed by atoms with van der Waals surface area (Å²) in [5, 5.41) is 9.10. The molecule has 0 saturated carbocycles. The van der Waals surface area contributed by atoms with E-state index in [9.17, 15) is 0 Å². The molecule has 0 fully saturated rings. The van der Waals surface area contributed by atoms with E-state index >= 15 is 0 Å². The van der Waals surface area contributed by atoms with Crippen LogP contribution >= 0.6 is 0 Å². The Morgan fingerprint density at radius 2 is 2.00 bits per heavy atom. The van der Waals surface area contributed by atoms with Crippen molar-refractivity contribution in [3.05, 3.63) is 29.8 Å². The van der Waals surface area contributed by atoms with E-state index in [1.807, 2.05) is 12.1 Å². The molecule has 0 aliphatic heterocycles. The van der Waals surface area contributed by atoms with E-state index in [4.69, 9.17) is 10.8 Å². The van der Waals surface area contributed by atoms with Gasteiger partial charge in [0.05, 0.1) is 0 Å². The number of phenolic OH excluding ortho intramolecular Hbond substituents is 1. The zero-order valence-corrected chi connectivity index (χ0v) is 10.6. The maximum atomic E-state index is 9.10. The molecule has 2 nitrogen and oxygen atoms in total. The van der Waals surface area contributed by atoms with E-state index in [1.165, 1.54) is 12.0 Å². The molecule has 0 aliphatic rings. The van der Waals surface area contributed by atoms with Crippen molar-refractivity contribution >= 4 is 0 Å². The van der Waals surface area contributed by atoms with Crippen molar-refractivity contribution in [2.75, 3.05) is 0 Å². The predicted octanol–water partition coefficient (Wildman–Crippen LogP) is -0.934. The van der Waals surface area contributed by atoms with Crippen molar-refractivity contribution in [1.82, 2.24) is 0 Å². The van der Waals surface area contributed by atoms with Gasteiger partial charge in [0.1, 0.15) is 0 Å². The molecule has 0 heterocycles. The fourth-order valence-electron chi connectivity index (χ4n) is 1.13. The van der Waals surface area contributed by atoms with Gasteiger partial charge in [0, 0.05) is 0 Å². The molecule has 1 rings (SSSR count). The van der Waals surface area contributed by atoms with E-state index in [0.717, 1.165) is 10.8 Å². The molecule has 80 valence electrons. The zero-order chi connectivity index (χ0) is 10.4. The molecule has 0 radical (unpaired) electrons. The SMILES string of the molecule is CCCC(N)[I-]Cc1ccc(O)cc1. The van der Waals surface area contributed by atoms with Crippen molar-refractivity contribution in [3.8, 4) is 5.75 Å². The van der Waals surface area contributed by atoms with Crippen LogP contribution in [0.3, 0.4) is 0 Å². The van der Waals surface area contributed by atoms with Gasteiger partial charge in [-0.15, -0.1) is 0 Å². The maximum absolute atomic E-state index is 9.10. The molecule has 3 heteroatoms. The summed E-state index contributed by atoms with van der Waals surface area (Å²) in [5.74, 6) is 0.338. The van der Waals surface area contributed by atoms with Gasteiger partial charge in [0.25, 0.3) is 0 Å². The molecule has 3 N–H and O–H groups in total. The summed E-state index contributed by atoms with van der Waals surface area (Å²) in [7, 11) is 0. The molecule has 0 amide bonds. The number of rotatable bonds is 5. The van der Waals surface area contributed by atoms with Gasteiger partial charge in [0.2, 0.25) is 0 Å². The van der Waals surface area contributed by atoms with Crippen molar-refractivity contribution in [2.24, 2.45) is 5.73 Å². The fraction of sp³-hybridized carbons (Fsp3) is 0.455. The summed E-state index contributed by atoms with van der Waals surface area (Å²) in [6, 6.07) is 7.44. The van der Waals surface area contributed by atoms with Crippen molar-refractivity contribution < 1.29 is 26.3 Å². The fourth-order valence-corrected chi connectivity index (χ4v) is 3.77. The van der Waals surface area contributed by atoms with Gasteiger partial charge in [-0.25, -0.2) is 0 Å². The molecular weight excluding hydrogens is 289 g/mol. The monoisotopic (exact) mass is 306 g/mol. The third-order valence-electron chi connectivity index (χ3n) is 1.93. The second-order valence-corrected chi connectivity index (χ2v) is 6.50. The standard InChI is InChI=1S/C11H17INO/c1-2-3-11(13)12-8-9-4-6-10(14)7-5-9/h4-7,11,14H,2-3,8,13H2,1H3/q-1. The number of hydrogen-bond donors (Lipinski definition) is 2. The first-order valence-electron chi connectivity index (χ1n) is 4.83. The van der Waals surface area contributed by atoms with Gasteiger partial charge in [-0.05, 0) is 0 Å². The van der Waals surface area contributed by atoms with Gasteiger partial charge in [-0.1, -0.05) is 0 Å². The Balaban J connectivity index is 2.34. The molecule has 0 aromatic heterocycles. The van der Waals surface area contributed by atoms with E-state index in [1.54, 1.807) is 12.1 Å². The summed E-state index contributed by atoms with van der Waals surface area (Å²) in [4.78, 5) is 0. The number of phenols is 1. The predicted molar refractivity (Wildman–Crippen MR) is 54.7 cm³/mol. The average Bonchev–Trinajstić information content (AvgIpc) is 2.17. The summed E-state index contributed by atoms with van der Waals surface area (Å²) in [6.07, 6.45) is 2.32.